The summed E-state index contributed by atoms with van der Waals surface area (Å²) in [5.74, 6) is 0.653. The maximum atomic E-state index is 11.0. The van der Waals surface area contributed by atoms with E-state index < -0.39 is 5.60 Å². The molecule has 1 fully saturated rings. The molecule has 1 aliphatic rings. The predicted octanol–water partition coefficient (Wildman–Crippen LogP) is 1.69. The topological polar surface area (TPSA) is 56.5 Å². The van der Waals surface area contributed by atoms with Gasteiger partial charge in [0.15, 0.2) is 5.75 Å². The molecule has 2 unspecified atom stereocenters. The molecule has 0 saturated carbocycles. The first-order chi connectivity index (χ1) is 8.50. The standard InChI is InChI=1S/C13H22N2O3/c1-5-15-12(11(17-4)8-14-15)13(16)6-9(2)18-10(3)7-13/h8-10,16H,5-7H2,1-4H3. The summed E-state index contributed by atoms with van der Waals surface area (Å²) in [5, 5.41) is 15.2. The Morgan fingerprint density at radius 2 is 2.11 bits per heavy atom. The molecule has 0 amide bonds. The molecule has 2 heterocycles. The minimum atomic E-state index is -0.922. The van der Waals surface area contributed by atoms with Crippen LogP contribution in [0.1, 0.15) is 39.3 Å². The Morgan fingerprint density at radius 3 is 2.61 bits per heavy atom. The summed E-state index contributed by atoms with van der Waals surface area (Å²) in [4.78, 5) is 0. The third kappa shape index (κ3) is 2.24. The summed E-state index contributed by atoms with van der Waals surface area (Å²) in [7, 11) is 1.61. The van der Waals surface area contributed by atoms with Gasteiger partial charge in [-0.2, -0.15) is 5.10 Å². The molecule has 0 bridgehead atoms. The van der Waals surface area contributed by atoms with Gasteiger partial charge >= 0.3 is 0 Å². The first kappa shape index (κ1) is 13.4. The molecular weight excluding hydrogens is 232 g/mol. The van der Waals surface area contributed by atoms with Gasteiger partial charge in [0.2, 0.25) is 0 Å². The number of nitrogens with zero attached hydrogens (tertiary/aromatic N) is 2. The van der Waals surface area contributed by atoms with Crippen molar-refractivity contribution >= 4 is 0 Å². The number of aryl methyl sites for hydroxylation is 1. The lowest BCUT2D eigenvalue weighted by Crippen LogP contribution is -2.42. The summed E-state index contributed by atoms with van der Waals surface area (Å²) >= 11 is 0. The Bertz CT molecular complexity index is 385. The fraction of sp³-hybridized carbons (Fsp3) is 0.769. The van der Waals surface area contributed by atoms with E-state index in [0.29, 0.717) is 25.1 Å². The fourth-order valence-corrected chi connectivity index (χ4v) is 2.95. The van der Waals surface area contributed by atoms with Gasteiger partial charge in [-0.3, -0.25) is 4.68 Å². The van der Waals surface area contributed by atoms with Crippen molar-refractivity contribution in [1.82, 2.24) is 9.78 Å². The van der Waals surface area contributed by atoms with Crippen LogP contribution in [0, 0.1) is 0 Å². The summed E-state index contributed by atoms with van der Waals surface area (Å²) in [6, 6.07) is 0. The molecule has 2 rings (SSSR count). The molecule has 0 radical (unpaired) electrons. The maximum Gasteiger partial charge on any atom is 0.162 e. The second kappa shape index (κ2) is 4.90. The van der Waals surface area contributed by atoms with Crippen LogP contribution < -0.4 is 4.74 Å². The van der Waals surface area contributed by atoms with E-state index in [1.165, 1.54) is 0 Å². The Labute approximate surface area is 108 Å². The highest BCUT2D eigenvalue weighted by atomic mass is 16.5. The van der Waals surface area contributed by atoms with Crippen LogP contribution in [0.5, 0.6) is 5.75 Å². The summed E-state index contributed by atoms with van der Waals surface area (Å²) in [6.45, 7) is 6.69. The molecule has 0 aliphatic carbocycles. The SMILES string of the molecule is CCn1ncc(OC)c1C1(O)CC(C)OC(C)C1. The number of hydrogen-bond donors (Lipinski definition) is 1. The largest absolute Gasteiger partial charge is 0.493 e. The molecule has 0 spiro atoms. The zero-order chi connectivity index (χ0) is 13.3. The minimum Gasteiger partial charge on any atom is -0.493 e. The van der Waals surface area contributed by atoms with Crippen LogP contribution in [0.4, 0.5) is 0 Å². The smallest absolute Gasteiger partial charge is 0.162 e. The second-order valence-electron chi connectivity index (χ2n) is 5.07. The number of rotatable bonds is 3. The van der Waals surface area contributed by atoms with E-state index in [2.05, 4.69) is 5.10 Å². The van der Waals surface area contributed by atoms with Crippen LogP contribution in [0.2, 0.25) is 0 Å². The Morgan fingerprint density at radius 1 is 1.50 bits per heavy atom. The van der Waals surface area contributed by atoms with Crippen LogP contribution in [0.15, 0.2) is 6.20 Å². The molecule has 1 saturated heterocycles. The van der Waals surface area contributed by atoms with Crippen molar-refractivity contribution in [2.45, 2.75) is 58.0 Å². The third-order valence-electron chi connectivity index (χ3n) is 3.48. The van der Waals surface area contributed by atoms with E-state index >= 15 is 0 Å². The van der Waals surface area contributed by atoms with Crippen LogP contribution >= 0.6 is 0 Å². The zero-order valence-corrected chi connectivity index (χ0v) is 11.5. The van der Waals surface area contributed by atoms with Gasteiger partial charge in [0.05, 0.1) is 25.5 Å². The highest BCUT2D eigenvalue weighted by molar-refractivity contribution is 5.31. The predicted molar refractivity (Wildman–Crippen MR) is 67.6 cm³/mol. The normalized spacial score (nSPS) is 32.5. The molecular formula is C13H22N2O3. The minimum absolute atomic E-state index is 0.0312. The molecule has 5 heteroatoms. The Hall–Kier alpha value is -1.07. The molecule has 0 aromatic carbocycles. The lowest BCUT2D eigenvalue weighted by Gasteiger charge is -2.39. The average molecular weight is 254 g/mol. The molecule has 1 aliphatic heterocycles. The van der Waals surface area contributed by atoms with Gasteiger partial charge in [-0.25, -0.2) is 0 Å². The van der Waals surface area contributed by atoms with Gasteiger partial charge in [0.1, 0.15) is 11.3 Å². The Balaban J connectivity index is 2.42. The van der Waals surface area contributed by atoms with Crippen molar-refractivity contribution in [2.24, 2.45) is 0 Å². The molecule has 2 atom stereocenters. The molecule has 1 aromatic heterocycles. The molecule has 1 aromatic rings. The van der Waals surface area contributed by atoms with Crippen LogP contribution in [-0.2, 0) is 16.9 Å². The number of hydrogen-bond acceptors (Lipinski definition) is 4. The van der Waals surface area contributed by atoms with E-state index in [1.807, 2.05) is 25.5 Å². The van der Waals surface area contributed by atoms with Gasteiger partial charge in [0.25, 0.3) is 0 Å². The highest BCUT2D eigenvalue weighted by Crippen LogP contribution is 2.41. The first-order valence-electron chi connectivity index (χ1n) is 6.48. The third-order valence-corrected chi connectivity index (χ3v) is 3.48. The van der Waals surface area contributed by atoms with E-state index in [0.717, 1.165) is 5.69 Å². The van der Waals surface area contributed by atoms with Crippen molar-refractivity contribution < 1.29 is 14.6 Å². The quantitative estimate of drug-likeness (QED) is 0.891. The number of ether oxygens (including phenoxy) is 2. The number of aromatic nitrogens is 2. The van der Waals surface area contributed by atoms with Crippen LogP contribution in [0.3, 0.4) is 0 Å². The lowest BCUT2D eigenvalue weighted by atomic mass is 9.84. The summed E-state index contributed by atoms with van der Waals surface area (Å²) in [5.41, 5.74) is -0.149. The number of methoxy groups -OCH3 is 1. The van der Waals surface area contributed by atoms with Gasteiger partial charge in [-0.1, -0.05) is 0 Å². The van der Waals surface area contributed by atoms with Gasteiger partial charge < -0.3 is 14.6 Å². The highest BCUT2D eigenvalue weighted by Gasteiger charge is 2.42. The second-order valence-corrected chi connectivity index (χ2v) is 5.07. The van der Waals surface area contributed by atoms with E-state index in [9.17, 15) is 5.11 Å². The van der Waals surface area contributed by atoms with Crippen LogP contribution in [0.25, 0.3) is 0 Å². The van der Waals surface area contributed by atoms with Crippen molar-refractivity contribution in [3.05, 3.63) is 11.9 Å². The molecule has 18 heavy (non-hydrogen) atoms. The van der Waals surface area contributed by atoms with Gasteiger partial charge in [0, 0.05) is 19.4 Å². The van der Waals surface area contributed by atoms with E-state index in [4.69, 9.17) is 9.47 Å². The monoisotopic (exact) mass is 254 g/mol. The van der Waals surface area contributed by atoms with Crippen molar-refractivity contribution in [2.75, 3.05) is 7.11 Å². The maximum absolute atomic E-state index is 11.0. The molecule has 1 N–H and O–H groups in total. The van der Waals surface area contributed by atoms with Gasteiger partial charge in [-0.15, -0.1) is 0 Å². The number of aliphatic hydroxyl groups is 1. The van der Waals surface area contributed by atoms with Crippen molar-refractivity contribution in [3.8, 4) is 5.75 Å². The molecule has 102 valence electrons. The van der Waals surface area contributed by atoms with Gasteiger partial charge in [-0.05, 0) is 20.8 Å². The molecule has 5 nitrogen and oxygen atoms in total. The van der Waals surface area contributed by atoms with E-state index in [1.54, 1.807) is 13.3 Å². The summed E-state index contributed by atoms with van der Waals surface area (Å²) < 4.78 is 12.8. The fourth-order valence-electron chi connectivity index (χ4n) is 2.95. The zero-order valence-electron chi connectivity index (χ0n) is 11.5. The average Bonchev–Trinajstić information content (AvgIpc) is 2.70. The first-order valence-corrected chi connectivity index (χ1v) is 6.48. The van der Waals surface area contributed by atoms with Crippen molar-refractivity contribution in [3.63, 3.8) is 0 Å². The summed E-state index contributed by atoms with van der Waals surface area (Å²) in [6.07, 6.45) is 2.87. The Kier molecular flexibility index (Phi) is 3.64. The van der Waals surface area contributed by atoms with Crippen molar-refractivity contribution in [1.29, 1.82) is 0 Å². The lowest BCUT2D eigenvalue weighted by molar-refractivity contribution is -0.139. The van der Waals surface area contributed by atoms with Crippen LogP contribution in [-0.4, -0.2) is 34.2 Å². The van der Waals surface area contributed by atoms with E-state index in [-0.39, 0.29) is 12.2 Å².